The highest BCUT2D eigenvalue weighted by Gasteiger charge is 2.16. The van der Waals surface area contributed by atoms with Crippen LogP contribution in [0.4, 0.5) is 0 Å². The van der Waals surface area contributed by atoms with Gasteiger partial charge in [-0.3, -0.25) is 0 Å². The Bertz CT molecular complexity index is 3880. The Morgan fingerprint density at radius 2 is 0.860 bits per heavy atom. The predicted octanol–water partition coefficient (Wildman–Crippen LogP) is 15.3. The van der Waals surface area contributed by atoms with E-state index in [9.17, 15) is 8.22 Å². The van der Waals surface area contributed by atoms with E-state index in [-0.39, 0.29) is 58.6 Å². The fourth-order valence-corrected chi connectivity index (χ4v) is 10.8. The van der Waals surface area contributed by atoms with E-state index in [2.05, 4.69) is 48.5 Å². The molecule has 0 spiro atoms. The SMILES string of the molecule is [2H]c1c(-c2ccc3c(c2)sc2ccccc23)c([2H])c2c(sc3c([2H])c(-c4nc(-c5ccc(-c6ccccc6)cc5)nc(-c5ccc6sc7ccccc7c6c5)n4)c([2H])c([2H])c32)c1[2H]. The molecule has 0 fully saturated rings. The molecular formula is C51H29N3S3. The third-order valence-electron chi connectivity index (χ3n) is 10.4. The average Bonchev–Trinajstić information content (AvgIpc) is 4.02. The number of thiophene rings is 3. The molecule has 0 aliphatic carbocycles. The lowest BCUT2D eigenvalue weighted by Crippen LogP contribution is -2.00. The number of fused-ring (bicyclic) bond motifs is 9. The first-order valence-electron chi connectivity index (χ1n) is 21.4. The zero-order valence-corrected chi connectivity index (χ0v) is 32.3. The summed E-state index contributed by atoms with van der Waals surface area (Å²) in [6.07, 6.45) is 0. The third kappa shape index (κ3) is 5.56. The molecule has 12 rings (SSSR count). The summed E-state index contributed by atoms with van der Waals surface area (Å²) in [6.45, 7) is 0. The van der Waals surface area contributed by atoms with Crippen LogP contribution in [0.5, 0.6) is 0 Å². The molecule has 0 bridgehead atoms. The maximum absolute atomic E-state index is 9.69. The van der Waals surface area contributed by atoms with Crippen molar-refractivity contribution in [2.24, 2.45) is 0 Å². The monoisotopic (exact) mass is 785 g/mol. The van der Waals surface area contributed by atoms with Crippen molar-refractivity contribution in [2.75, 3.05) is 0 Å². The van der Waals surface area contributed by atoms with Crippen molar-refractivity contribution in [3.05, 3.63) is 176 Å². The van der Waals surface area contributed by atoms with Gasteiger partial charge >= 0.3 is 0 Å². The Hall–Kier alpha value is -6.57. The molecule has 266 valence electrons. The van der Waals surface area contributed by atoms with E-state index >= 15 is 0 Å². The van der Waals surface area contributed by atoms with Crippen molar-refractivity contribution < 1.29 is 8.22 Å². The molecule has 0 unspecified atom stereocenters. The Balaban J connectivity index is 1.06. The second-order valence-corrected chi connectivity index (χ2v) is 17.1. The summed E-state index contributed by atoms with van der Waals surface area (Å²) in [6, 6.07) is 45.7. The van der Waals surface area contributed by atoms with Gasteiger partial charge in [0.1, 0.15) is 0 Å². The van der Waals surface area contributed by atoms with Crippen molar-refractivity contribution in [1.82, 2.24) is 15.0 Å². The highest BCUT2D eigenvalue weighted by atomic mass is 32.1. The quantitative estimate of drug-likeness (QED) is 0.174. The number of hydrogen-bond acceptors (Lipinski definition) is 6. The summed E-state index contributed by atoms with van der Waals surface area (Å²) < 4.78 is 61.8. The lowest BCUT2D eigenvalue weighted by molar-refractivity contribution is 1.08. The number of aromatic nitrogens is 3. The van der Waals surface area contributed by atoms with Crippen LogP contribution in [0.3, 0.4) is 0 Å². The van der Waals surface area contributed by atoms with Crippen LogP contribution < -0.4 is 0 Å². The molecule has 0 aliphatic rings. The topological polar surface area (TPSA) is 38.7 Å². The van der Waals surface area contributed by atoms with Gasteiger partial charge in [-0.25, -0.2) is 15.0 Å². The summed E-state index contributed by atoms with van der Waals surface area (Å²) >= 11 is 4.46. The molecule has 3 nitrogen and oxygen atoms in total. The minimum atomic E-state index is -0.261. The molecule has 0 amide bonds. The van der Waals surface area contributed by atoms with Gasteiger partial charge in [0.05, 0.1) is 8.22 Å². The molecule has 6 heteroatoms. The summed E-state index contributed by atoms with van der Waals surface area (Å²) in [7, 11) is 0. The molecule has 57 heavy (non-hydrogen) atoms. The molecule has 0 radical (unpaired) electrons. The lowest BCUT2D eigenvalue weighted by atomic mass is 10.0. The van der Waals surface area contributed by atoms with Gasteiger partial charge < -0.3 is 0 Å². The first-order valence-corrected chi connectivity index (χ1v) is 20.9. The van der Waals surface area contributed by atoms with Gasteiger partial charge in [-0.2, -0.15) is 0 Å². The number of rotatable bonds is 5. The van der Waals surface area contributed by atoms with Crippen LogP contribution in [0, 0.1) is 0 Å². The van der Waals surface area contributed by atoms with E-state index in [4.69, 9.17) is 15.0 Å². The van der Waals surface area contributed by atoms with Crippen LogP contribution in [-0.4, -0.2) is 15.0 Å². The predicted molar refractivity (Wildman–Crippen MR) is 246 cm³/mol. The molecule has 0 aliphatic heterocycles. The van der Waals surface area contributed by atoms with Crippen LogP contribution in [0.15, 0.2) is 176 Å². The molecule has 4 aromatic heterocycles. The lowest BCUT2D eigenvalue weighted by Gasteiger charge is -2.10. The molecule has 8 aromatic carbocycles. The minimum absolute atomic E-state index is 0.00205. The minimum Gasteiger partial charge on any atom is -0.208 e. The molecule has 0 N–H and O–H groups in total. The molecule has 0 atom stereocenters. The van der Waals surface area contributed by atoms with Crippen molar-refractivity contribution >= 4 is 94.5 Å². The summed E-state index contributed by atoms with van der Waals surface area (Å²) in [5, 5.41) is 4.96. The van der Waals surface area contributed by atoms with Crippen molar-refractivity contribution in [3.63, 3.8) is 0 Å². The van der Waals surface area contributed by atoms with E-state index in [0.717, 1.165) is 69.2 Å². The first kappa shape index (κ1) is 27.1. The summed E-state index contributed by atoms with van der Waals surface area (Å²) in [5.74, 6) is 0.797. The van der Waals surface area contributed by atoms with Crippen molar-refractivity contribution in [3.8, 4) is 56.4 Å². The fourth-order valence-electron chi connectivity index (χ4n) is 7.58. The number of nitrogens with zero attached hydrogens (tertiary/aromatic N) is 3. The Kier molecular flexibility index (Phi) is 6.18. The van der Waals surface area contributed by atoms with Crippen LogP contribution in [-0.2, 0) is 0 Å². The maximum atomic E-state index is 9.69. The van der Waals surface area contributed by atoms with Crippen LogP contribution in [0.1, 0.15) is 8.22 Å². The molecule has 0 saturated carbocycles. The highest BCUT2D eigenvalue weighted by molar-refractivity contribution is 7.26. The second-order valence-electron chi connectivity index (χ2n) is 13.9. The molecule has 12 aromatic rings. The number of hydrogen-bond donors (Lipinski definition) is 0. The second kappa shape index (κ2) is 13.0. The number of benzene rings is 8. The van der Waals surface area contributed by atoms with Crippen molar-refractivity contribution in [2.45, 2.75) is 0 Å². The van der Waals surface area contributed by atoms with Crippen LogP contribution in [0.25, 0.3) is 117 Å². The van der Waals surface area contributed by atoms with E-state index in [1.165, 1.54) is 4.70 Å². The van der Waals surface area contributed by atoms with Gasteiger partial charge in [-0.1, -0.05) is 121 Å². The zero-order valence-electron chi connectivity index (χ0n) is 35.8. The van der Waals surface area contributed by atoms with Gasteiger partial charge in [0.2, 0.25) is 0 Å². The smallest absolute Gasteiger partial charge is 0.164 e. The van der Waals surface area contributed by atoms with E-state index in [1.54, 1.807) is 22.7 Å². The summed E-state index contributed by atoms with van der Waals surface area (Å²) in [5.41, 5.74) is 4.54. The normalized spacial score (nSPS) is 13.3. The van der Waals surface area contributed by atoms with Gasteiger partial charge in [-0.15, -0.1) is 34.0 Å². The average molecular weight is 786 g/mol. The Morgan fingerprint density at radius 1 is 0.298 bits per heavy atom. The zero-order chi connectivity index (χ0) is 42.7. The van der Waals surface area contributed by atoms with Crippen LogP contribution in [0.2, 0.25) is 0 Å². The van der Waals surface area contributed by atoms with E-state index in [1.807, 2.05) is 91.0 Å². The highest BCUT2D eigenvalue weighted by Crippen LogP contribution is 2.41. The van der Waals surface area contributed by atoms with Crippen molar-refractivity contribution in [1.29, 1.82) is 0 Å². The Labute approximate surface area is 348 Å². The van der Waals surface area contributed by atoms with E-state index < -0.39 is 0 Å². The van der Waals surface area contributed by atoms with Crippen LogP contribution >= 0.6 is 34.0 Å². The standard InChI is InChI=1S/C51H29N3S3/c1-2-8-30(9-3-1)31-14-16-32(17-15-31)49-52-50(35-21-25-45-42(27-35)38-11-5-7-13-44(38)55-45)54-51(53-49)36-19-23-40-41-26-33(20-24-46(41)57-48(40)29-36)34-18-22-39-37-10-4-6-12-43(37)56-47(39)28-34/h1-29H/i19D,20D,23D,24D,26D,29D. The van der Waals surface area contributed by atoms with Gasteiger partial charge in [0.15, 0.2) is 17.5 Å². The van der Waals surface area contributed by atoms with Gasteiger partial charge in [0.25, 0.3) is 0 Å². The third-order valence-corrected chi connectivity index (χ3v) is 13.7. The molecule has 4 heterocycles. The maximum Gasteiger partial charge on any atom is 0.164 e. The molecular weight excluding hydrogens is 751 g/mol. The fraction of sp³-hybridized carbons (Fsp3) is 0. The Morgan fingerprint density at radius 3 is 1.67 bits per heavy atom. The van der Waals surface area contributed by atoms with Gasteiger partial charge in [-0.05, 0) is 76.8 Å². The summed E-state index contributed by atoms with van der Waals surface area (Å²) in [4.78, 5) is 14.9. The van der Waals surface area contributed by atoms with Gasteiger partial charge in [0, 0.05) is 77.2 Å². The largest absolute Gasteiger partial charge is 0.208 e. The molecule has 0 saturated heterocycles. The first-order chi connectivity index (χ1) is 30.7. The van der Waals surface area contributed by atoms with E-state index in [0.29, 0.717) is 32.0 Å².